The summed E-state index contributed by atoms with van der Waals surface area (Å²) in [5.41, 5.74) is 7.03. The number of benzene rings is 2. The summed E-state index contributed by atoms with van der Waals surface area (Å²) in [5, 5.41) is 0. The van der Waals surface area contributed by atoms with Gasteiger partial charge in [-0.3, -0.25) is 9.69 Å². The molecule has 124 valence electrons. The van der Waals surface area contributed by atoms with E-state index in [0.717, 1.165) is 6.42 Å². The Bertz CT molecular complexity index is 789. The predicted octanol–water partition coefficient (Wildman–Crippen LogP) is 3.33. The zero-order chi connectivity index (χ0) is 17.3. The summed E-state index contributed by atoms with van der Waals surface area (Å²) in [7, 11) is 0. The van der Waals surface area contributed by atoms with Gasteiger partial charge in [0.2, 0.25) is 5.91 Å². The molecule has 1 aliphatic heterocycles. The van der Waals surface area contributed by atoms with Gasteiger partial charge in [0.1, 0.15) is 11.9 Å². The topological polar surface area (TPSA) is 72.6 Å². The Morgan fingerprint density at radius 3 is 2.54 bits per heavy atom. The third kappa shape index (κ3) is 2.95. The highest BCUT2D eigenvalue weighted by molar-refractivity contribution is 5.93. The standard InChI is InChI=1S/C18H17FN2O3/c1-2-14-10-21(18(23)24-14)13-7-8-15(16(19)9-13)11-3-5-12(6-4-11)17(20)22/h3-9,14H,2,10H2,1H3,(H2,20,22). The van der Waals surface area contributed by atoms with Gasteiger partial charge in [-0.25, -0.2) is 9.18 Å². The van der Waals surface area contributed by atoms with Gasteiger partial charge in [0.15, 0.2) is 0 Å². The molecule has 2 aromatic carbocycles. The van der Waals surface area contributed by atoms with Crippen molar-refractivity contribution in [2.24, 2.45) is 5.73 Å². The number of hydrogen-bond acceptors (Lipinski definition) is 3. The van der Waals surface area contributed by atoms with Crippen molar-refractivity contribution >= 4 is 17.7 Å². The first-order valence-corrected chi connectivity index (χ1v) is 7.67. The number of nitrogens with two attached hydrogens (primary N) is 1. The third-order valence-corrected chi connectivity index (χ3v) is 4.07. The second-order valence-electron chi connectivity index (χ2n) is 5.63. The molecule has 1 aliphatic rings. The van der Waals surface area contributed by atoms with Crippen molar-refractivity contribution in [1.82, 2.24) is 0 Å². The van der Waals surface area contributed by atoms with E-state index in [-0.39, 0.29) is 6.10 Å². The maximum Gasteiger partial charge on any atom is 0.414 e. The summed E-state index contributed by atoms with van der Waals surface area (Å²) < 4.78 is 19.7. The molecule has 0 aliphatic carbocycles. The zero-order valence-electron chi connectivity index (χ0n) is 13.2. The lowest BCUT2D eigenvalue weighted by Gasteiger charge is -2.14. The largest absolute Gasteiger partial charge is 0.444 e. The fourth-order valence-electron chi connectivity index (χ4n) is 2.66. The fourth-order valence-corrected chi connectivity index (χ4v) is 2.66. The maximum absolute atomic E-state index is 14.5. The molecule has 0 aromatic heterocycles. The lowest BCUT2D eigenvalue weighted by atomic mass is 10.0. The molecule has 2 N–H and O–H groups in total. The normalized spacial score (nSPS) is 17.0. The van der Waals surface area contributed by atoms with Crippen molar-refractivity contribution in [3.8, 4) is 11.1 Å². The van der Waals surface area contributed by atoms with Crippen LogP contribution in [-0.2, 0) is 4.74 Å². The first-order chi connectivity index (χ1) is 11.5. The summed E-state index contributed by atoms with van der Waals surface area (Å²) in [4.78, 5) is 24.4. The molecule has 0 radical (unpaired) electrons. The quantitative estimate of drug-likeness (QED) is 0.935. The Morgan fingerprint density at radius 2 is 2.00 bits per heavy atom. The van der Waals surface area contributed by atoms with Gasteiger partial charge >= 0.3 is 6.09 Å². The number of cyclic esters (lactones) is 1. The summed E-state index contributed by atoms with van der Waals surface area (Å²) in [6, 6.07) is 11.0. The number of nitrogens with zero attached hydrogens (tertiary/aromatic N) is 1. The van der Waals surface area contributed by atoms with Crippen molar-refractivity contribution in [2.75, 3.05) is 11.4 Å². The lowest BCUT2D eigenvalue weighted by Crippen LogP contribution is -2.24. The first kappa shape index (κ1) is 16.0. The Morgan fingerprint density at radius 1 is 1.29 bits per heavy atom. The van der Waals surface area contributed by atoms with E-state index in [1.54, 1.807) is 36.4 Å². The predicted molar refractivity (Wildman–Crippen MR) is 88.3 cm³/mol. The van der Waals surface area contributed by atoms with E-state index in [0.29, 0.717) is 28.9 Å². The van der Waals surface area contributed by atoms with E-state index in [2.05, 4.69) is 0 Å². The SMILES string of the molecule is CCC1CN(c2ccc(-c3ccc(C(N)=O)cc3)c(F)c2)C(=O)O1. The molecule has 3 rings (SSSR count). The number of ether oxygens (including phenoxy) is 1. The van der Waals surface area contributed by atoms with E-state index >= 15 is 0 Å². The van der Waals surface area contributed by atoms with Gasteiger partial charge in [0, 0.05) is 11.1 Å². The second-order valence-corrected chi connectivity index (χ2v) is 5.63. The molecule has 6 heteroatoms. The van der Waals surface area contributed by atoms with Crippen molar-refractivity contribution < 1.29 is 18.7 Å². The van der Waals surface area contributed by atoms with Crippen LogP contribution in [0.5, 0.6) is 0 Å². The zero-order valence-corrected chi connectivity index (χ0v) is 13.2. The molecule has 1 saturated heterocycles. The molecule has 5 nitrogen and oxygen atoms in total. The minimum absolute atomic E-state index is 0.165. The van der Waals surface area contributed by atoms with Crippen LogP contribution in [0.2, 0.25) is 0 Å². The summed E-state index contributed by atoms with van der Waals surface area (Å²) in [6.45, 7) is 2.35. The van der Waals surface area contributed by atoms with Crippen LogP contribution >= 0.6 is 0 Å². The van der Waals surface area contributed by atoms with Gasteiger partial charge in [-0.15, -0.1) is 0 Å². The van der Waals surface area contributed by atoms with Gasteiger partial charge in [0.05, 0.1) is 12.2 Å². The number of rotatable bonds is 4. The van der Waals surface area contributed by atoms with Crippen LogP contribution in [0.4, 0.5) is 14.9 Å². The van der Waals surface area contributed by atoms with E-state index in [1.807, 2.05) is 6.92 Å². The van der Waals surface area contributed by atoms with Crippen LogP contribution < -0.4 is 10.6 Å². The van der Waals surface area contributed by atoms with Crippen molar-refractivity contribution in [3.05, 3.63) is 53.8 Å². The Hall–Kier alpha value is -2.89. The number of anilines is 1. The lowest BCUT2D eigenvalue weighted by molar-refractivity contribution is 0.1000. The van der Waals surface area contributed by atoms with Crippen LogP contribution in [-0.4, -0.2) is 24.6 Å². The number of halogens is 1. The van der Waals surface area contributed by atoms with E-state index in [9.17, 15) is 14.0 Å². The summed E-state index contributed by atoms with van der Waals surface area (Å²) in [6.07, 6.45) is 0.0936. The van der Waals surface area contributed by atoms with E-state index < -0.39 is 17.8 Å². The van der Waals surface area contributed by atoms with Crippen LogP contribution in [0.1, 0.15) is 23.7 Å². The first-order valence-electron chi connectivity index (χ1n) is 7.67. The monoisotopic (exact) mass is 328 g/mol. The highest BCUT2D eigenvalue weighted by Crippen LogP contribution is 2.29. The molecule has 0 saturated carbocycles. The highest BCUT2D eigenvalue weighted by atomic mass is 19.1. The molecular formula is C18H17FN2O3. The molecule has 2 amide bonds. The fraction of sp³-hybridized carbons (Fsp3) is 0.222. The molecular weight excluding hydrogens is 311 g/mol. The van der Waals surface area contributed by atoms with Gasteiger partial charge in [-0.05, 0) is 42.3 Å². The van der Waals surface area contributed by atoms with Gasteiger partial charge in [-0.2, -0.15) is 0 Å². The Labute approximate surface area is 138 Å². The molecule has 0 bridgehead atoms. The molecule has 1 unspecified atom stereocenters. The van der Waals surface area contributed by atoms with Crippen LogP contribution in [0.3, 0.4) is 0 Å². The second kappa shape index (κ2) is 6.31. The molecule has 2 aromatic rings. The number of carbonyl (C=O) groups is 2. The van der Waals surface area contributed by atoms with Gasteiger partial charge < -0.3 is 10.5 Å². The Balaban J connectivity index is 1.87. The van der Waals surface area contributed by atoms with Gasteiger partial charge in [-0.1, -0.05) is 19.1 Å². The highest BCUT2D eigenvalue weighted by Gasteiger charge is 2.31. The molecule has 0 spiro atoms. The van der Waals surface area contributed by atoms with Crippen LogP contribution in [0.15, 0.2) is 42.5 Å². The van der Waals surface area contributed by atoms with E-state index in [1.165, 1.54) is 11.0 Å². The average Bonchev–Trinajstić information content (AvgIpc) is 2.96. The van der Waals surface area contributed by atoms with Crippen molar-refractivity contribution in [2.45, 2.75) is 19.4 Å². The number of hydrogen-bond donors (Lipinski definition) is 1. The summed E-state index contributed by atoms with van der Waals surface area (Å²) >= 11 is 0. The molecule has 1 heterocycles. The molecule has 1 atom stereocenters. The minimum Gasteiger partial charge on any atom is -0.444 e. The average molecular weight is 328 g/mol. The van der Waals surface area contributed by atoms with Gasteiger partial charge in [0.25, 0.3) is 0 Å². The molecule has 1 fully saturated rings. The van der Waals surface area contributed by atoms with Crippen LogP contribution in [0, 0.1) is 5.82 Å². The van der Waals surface area contributed by atoms with Crippen molar-refractivity contribution in [1.29, 1.82) is 0 Å². The smallest absolute Gasteiger partial charge is 0.414 e. The third-order valence-electron chi connectivity index (χ3n) is 4.07. The molecule has 24 heavy (non-hydrogen) atoms. The maximum atomic E-state index is 14.5. The van der Waals surface area contributed by atoms with Crippen LogP contribution in [0.25, 0.3) is 11.1 Å². The Kier molecular flexibility index (Phi) is 4.20. The number of carbonyl (C=O) groups excluding carboxylic acids is 2. The number of primary amides is 1. The minimum atomic E-state index is -0.532. The number of amides is 2. The van der Waals surface area contributed by atoms with E-state index in [4.69, 9.17) is 10.5 Å². The van der Waals surface area contributed by atoms with Crippen molar-refractivity contribution in [3.63, 3.8) is 0 Å². The summed E-state index contributed by atoms with van der Waals surface area (Å²) in [5.74, 6) is -0.984.